The number of amides is 2. The normalized spacial score (nSPS) is 22.8. The summed E-state index contributed by atoms with van der Waals surface area (Å²) in [6.07, 6.45) is 2.88. The summed E-state index contributed by atoms with van der Waals surface area (Å²) >= 11 is 0. The molecule has 0 aromatic heterocycles. The predicted octanol–water partition coefficient (Wildman–Crippen LogP) is 3.45. The molecule has 33 heavy (non-hydrogen) atoms. The van der Waals surface area contributed by atoms with Crippen molar-refractivity contribution < 1.29 is 22.8 Å². The molecule has 2 aliphatic heterocycles. The number of carbonyl (C=O) groups excluding carboxylic acids is 2. The third-order valence-electron chi connectivity index (χ3n) is 6.85. The molecule has 2 aromatic rings. The van der Waals surface area contributed by atoms with Crippen LogP contribution in [0.2, 0.25) is 0 Å². The Labute approximate surface area is 191 Å². The molecule has 176 valence electrons. The van der Waals surface area contributed by atoms with Gasteiger partial charge in [0.1, 0.15) is 12.2 Å². The largest absolute Gasteiger partial charge is 0.352 e. The molecular weight excluding hydrogens is 431 g/mol. The molecule has 2 fully saturated rings. The smallest absolute Gasteiger partial charge is 0.232 e. The van der Waals surface area contributed by atoms with Gasteiger partial charge in [-0.25, -0.2) is 13.2 Å². The van der Waals surface area contributed by atoms with Gasteiger partial charge >= 0.3 is 0 Å². The third-order valence-corrected chi connectivity index (χ3v) is 6.85. The minimum atomic E-state index is -1.22. The monoisotopic (exact) mass is 459 g/mol. The van der Waals surface area contributed by atoms with Crippen molar-refractivity contribution in [2.45, 2.75) is 63.2 Å². The molecule has 3 N–H and O–H groups in total. The van der Waals surface area contributed by atoms with E-state index in [1.807, 2.05) is 35.2 Å². The number of nitrogens with one attached hydrogen (secondary N) is 1. The summed E-state index contributed by atoms with van der Waals surface area (Å²) in [5.41, 5.74) is 7.36. The molecule has 0 spiro atoms. The van der Waals surface area contributed by atoms with E-state index in [0.29, 0.717) is 25.5 Å². The number of nitrogens with two attached hydrogens (primary N) is 1. The van der Waals surface area contributed by atoms with Crippen LogP contribution >= 0.6 is 0 Å². The van der Waals surface area contributed by atoms with Gasteiger partial charge in [0.05, 0.1) is 0 Å². The number of halogens is 3. The van der Waals surface area contributed by atoms with E-state index in [1.165, 1.54) is 0 Å². The second kappa shape index (κ2) is 9.95. The zero-order valence-corrected chi connectivity index (χ0v) is 18.3. The fraction of sp³-hybridized carbons (Fsp3) is 0.440. The Morgan fingerprint density at radius 2 is 1.64 bits per heavy atom. The molecule has 2 bridgehead atoms. The maximum absolute atomic E-state index is 14.0. The summed E-state index contributed by atoms with van der Waals surface area (Å²) in [5, 5.41) is 2.79. The number of carbonyl (C=O) groups is 2. The number of nitrogens with zero attached hydrogens (tertiary/aromatic N) is 1. The molecule has 0 aliphatic carbocycles. The fourth-order valence-corrected chi connectivity index (χ4v) is 5.20. The molecular formula is C25H28F3N3O2. The van der Waals surface area contributed by atoms with Gasteiger partial charge in [0.2, 0.25) is 11.8 Å². The van der Waals surface area contributed by atoms with Gasteiger partial charge in [0, 0.05) is 30.7 Å². The summed E-state index contributed by atoms with van der Waals surface area (Å²) < 4.78 is 40.7. The number of piperidine rings is 1. The van der Waals surface area contributed by atoms with Crippen LogP contribution < -0.4 is 11.1 Å². The standard InChI is InChI=1S/C25H28F3N3O2/c26-20-12-22(28)21(27)10-16(20)11-23(29)17-8-18-6-7-19(9-17)31(18)25(33)13-24(32)30-14-15-4-2-1-3-5-15/h1-5,10,12,17-19,23H,6-9,11,13-14,29H2,(H,30,32)/t17-,18-,19+,23-/m1/s1. The number of fused-ring (bicyclic) bond motifs is 2. The summed E-state index contributed by atoms with van der Waals surface area (Å²) in [5.74, 6) is -3.58. The van der Waals surface area contributed by atoms with Gasteiger partial charge < -0.3 is 16.0 Å². The van der Waals surface area contributed by atoms with Crippen molar-refractivity contribution >= 4 is 11.8 Å². The van der Waals surface area contributed by atoms with Crippen LogP contribution in [0.25, 0.3) is 0 Å². The first-order chi connectivity index (χ1) is 15.8. The van der Waals surface area contributed by atoms with Crippen LogP contribution in [0, 0.1) is 23.4 Å². The predicted molar refractivity (Wildman–Crippen MR) is 117 cm³/mol. The average Bonchev–Trinajstić information content (AvgIpc) is 3.06. The topological polar surface area (TPSA) is 75.4 Å². The Balaban J connectivity index is 1.31. The lowest BCUT2D eigenvalue weighted by atomic mass is 9.82. The molecule has 0 radical (unpaired) electrons. The molecule has 8 heteroatoms. The zero-order valence-electron chi connectivity index (χ0n) is 18.3. The van der Waals surface area contributed by atoms with Crippen molar-refractivity contribution in [2.75, 3.05) is 0 Å². The van der Waals surface area contributed by atoms with Gasteiger partial charge in [-0.3, -0.25) is 9.59 Å². The van der Waals surface area contributed by atoms with E-state index in [9.17, 15) is 22.8 Å². The minimum absolute atomic E-state index is 0.0102. The molecule has 4 rings (SSSR count). The van der Waals surface area contributed by atoms with Crippen molar-refractivity contribution in [3.8, 4) is 0 Å². The Bertz CT molecular complexity index is 1000. The summed E-state index contributed by atoms with van der Waals surface area (Å²) in [6, 6.07) is 10.4. The highest BCUT2D eigenvalue weighted by Gasteiger charge is 2.44. The van der Waals surface area contributed by atoms with E-state index in [0.717, 1.165) is 24.5 Å². The highest BCUT2D eigenvalue weighted by molar-refractivity contribution is 5.97. The first-order valence-corrected chi connectivity index (χ1v) is 11.3. The average molecular weight is 460 g/mol. The molecule has 0 saturated carbocycles. The lowest BCUT2D eigenvalue weighted by Crippen LogP contribution is -2.51. The summed E-state index contributed by atoms with van der Waals surface area (Å²) in [4.78, 5) is 27.0. The first-order valence-electron chi connectivity index (χ1n) is 11.3. The van der Waals surface area contributed by atoms with Crippen LogP contribution in [-0.2, 0) is 22.6 Å². The van der Waals surface area contributed by atoms with E-state index in [-0.39, 0.29) is 48.2 Å². The van der Waals surface area contributed by atoms with Gasteiger partial charge in [-0.15, -0.1) is 0 Å². The van der Waals surface area contributed by atoms with Crippen LogP contribution in [0.5, 0.6) is 0 Å². The van der Waals surface area contributed by atoms with Gasteiger partial charge in [0.15, 0.2) is 11.6 Å². The van der Waals surface area contributed by atoms with Crippen LogP contribution in [0.1, 0.15) is 43.2 Å². The van der Waals surface area contributed by atoms with Gasteiger partial charge in [-0.05, 0) is 55.2 Å². The quantitative estimate of drug-likeness (QED) is 0.492. The number of hydrogen-bond acceptors (Lipinski definition) is 3. The van der Waals surface area contributed by atoms with Crippen molar-refractivity contribution in [3.63, 3.8) is 0 Å². The Morgan fingerprint density at radius 1 is 1.00 bits per heavy atom. The number of benzene rings is 2. The van der Waals surface area contributed by atoms with Gasteiger partial charge in [-0.2, -0.15) is 0 Å². The van der Waals surface area contributed by atoms with Crippen molar-refractivity contribution in [2.24, 2.45) is 11.7 Å². The first kappa shape index (κ1) is 23.3. The van der Waals surface area contributed by atoms with Crippen LogP contribution in [-0.4, -0.2) is 34.8 Å². The van der Waals surface area contributed by atoms with E-state index in [4.69, 9.17) is 5.73 Å². The molecule has 5 nitrogen and oxygen atoms in total. The minimum Gasteiger partial charge on any atom is -0.352 e. The molecule has 2 aliphatic rings. The van der Waals surface area contributed by atoms with Crippen LogP contribution in [0.4, 0.5) is 13.2 Å². The maximum Gasteiger partial charge on any atom is 0.232 e. The van der Waals surface area contributed by atoms with E-state index < -0.39 is 23.5 Å². The lowest BCUT2D eigenvalue weighted by molar-refractivity contribution is -0.140. The lowest BCUT2D eigenvalue weighted by Gasteiger charge is -2.41. The SMILES string of the molecule is N[C@H](Cc1cc(F)c(F)cc1F)[C@@H]1C[C@H]2CC[C@@H](C1)N2C(=O)CC(=O)NCc1ccccc1. The van der Waals surface area contributed by atoms with E-state index in [2.05, 4.69) is 5.32 Å². The van der Waals surface area contributed by atoms with Crippen LogP contribution in [0.3, 0.4) is 0 Å². The zero-order chi connectivity index (χ0) is 23.5. The van der Waals surface area contributed by atoms with Crippen molar-refractivity contribution in [1.29, 1.82) is 0 Å². The number of hydrogen-bond donors (Lipinski definition) is 2. The highest BCUT2D eigenvalue weighted by Crippen LogP contribution is 2.40. The maximum atomic E-state index is 14.0. The van der Waals surface area contributed by atoms with Gasteiger partial charge in [-0.1, -0.05) is 30.3 Å². The van der Waals surface area contributed by atoms with E-state index >= 15 is 0 Å². The van der Waals surface area contributed by atoms with Crippen molar-refractivity contribution in [3.05, 3.63) is 71.0 Å². The molecule has 2 aromatic carbocycles. The van der Waals surface area contributed by atoms with Crippen LogP contribution in [0.15, 0.2) is 42.5 Å². The fourth-order valence-electron chi connectivity index (χ4n) is 5.20. The molecule has 2 amide bonds. The highest BCUT2D eigenvalue weighted by atomic mass is 19.2. The molecule has 0 unspecified atom stereocenters. The summed E-state index contributed by atoms with van der Waals surface area (Å²) in [6.45, 7) is 0.372. The third kappa shape index (κ3) is 5.38. The van der Waals surface area contributed by atoms with Crippen molar-refractivity contribution in [1.82, 2.24) is 10.2 Å². The Kier molecular flexibility index (Phi) is 7.02. The molecule has 4 atom stereocenters. The molecule has 2 heterocycles. The van der Waals surface area contributed by atoms with E-state index in [1.54, 1.807) is 0 Å². The number of rotatable bonds is 7. The Morgan fingerprint density at radius 3 is 2.30 bits per heavy atom. The second-order valence-corrected chi connectivity index (χ2v) is 9.08. The molecule has 2 saturated heterocycles. The summed E-state index contributed by atoms with van der Waals surface area (Å²) in [7, 11) is 0. The second-order valence-electron chi connectivity index (χ2n) is 9.08. The van der Waals surface area contributed by atoms with Gasteiger partial charge in [0.25, 0.3) is 0 Å². The Hall–Kier alpha value is -2.87.